The Morgan fingerprint density at radius 3 is 2.06 bits per heavy atom. The first-order chi connectivity index (χ1) is 16.5. The van der Waals surface area contributed by atoms with Gasteiger partial charge in [0.1, 0.15) is 18.2 Å². The Bertz CT molecular complexity index is 1100. The summed E-state index contributed by atoms with van der Waals surface area (Å²) >= 11 is 0. The van der Waals surface area contributed by atoms with Gasteiger partial charge in [0.25, 0.3) is 0 Å². The van der Waals surface area contributed by atoms with Crippen molar-refractivity contribution in [2.45, 2.75) is 49.9 Å². The summed E-state index contributed by atoms with van der Waals surface area (Å²) in [5.41, 5.74) is 2.10. The molecule has 0 radical (unpaired) electrons. The fourth-order valence-electron chi connectivity index (χ4n) is 4.56. The second kappa shape index (κ2) is 9.24. The molecule has 0 aromatic heterocycles. The number of rotatable bonds is 8. The largest absolute Gasteiger partial charge is 0.480 e. The SMILES string of the molecule is CC(NC(=O)C(CC(F)(F)F)NC(=O)OCC1c2ccccc2-c2ccccc21)(C(=O)O)C1CC1. The summed E-state index contributed by atoms with van der Waals surface area (Å²) in [5, 5.41) is 13.7. The molecule has 2 aliphatic carbocycles. The predicted octanol–water partition coefficient (Wildman–Crippen LogP) is 4.22. The number of aliphatic carboxylic acids is 1. The lowest BCUT2D eigenvalue weighted by molar-refractivity contribution is -0.153. The van der Waals surface area contributed by atoms with Crippen LogP contribution in [-0.2, 0) is 14.3 Å². The maximum Gasteiger partial charge on any atom is 0.407 e. The molecule has 0 saturated heterocycles. The van der Waals surface area contributed by atoms with Gasteiger partial charge in [-0.2, -0.15) is 13.2 Å². The molecule has 7 nitrogen and oxygen atoms in total. The fraction of sp³-hybridized carbons (Fsp3) is 0.400. The van der Waals surface area contributed by atoms with Gasteiger partial charge in [-0.15, -0.1) is 0 Å². The van der Waals surface area contributed by atoms with E-state index in [-0.39, 0.29) is 18.4 Å². The maximum absolute atomic E-state index is 13.2. The number of halogens is 3. The lowest BCUT2D eigenvalue weighted by Crippen LogP contribution is -2.59. The molecule has 2 amide bonds. The van der Waals surface area contributed by atoms with Crippen molar-refractivity contribution in [2.75, 3.05) is 6.61 Å². The van der Waals surface area contributed by atoms with Crippen molar-refractivity contribution >= 4 is 18.0 Å². The van der Waals surface area contributed by atoms with E-state index in [1.807, 2.05) is 53.8 Å². The van der Waals surface area contributed by atoms with Crippen LogP contribution in [0.15, 0.2) is 48.5 Å². The molecule has 0 heterocycles. The Hall–Kier alpha value is -3.56. The highest BCUT2D eigenvalue weighted by Crippen LogP contribution is 2.44. The van der Waals surface area contributed by atoms with E-state index in [9.17, 15) is 32.7 Å². The van der Waals surface area contributed by atoms with Crippen LogP contribution < -0.4 is 10.6 Å². The summed E-state index contributed by atoms with van der Waals surface area (Å²) in [4.78, 5) is 36.8. The molecular weight excluding hydrogens is 465 g/mol. The Balaban J connectivity index is 1.45. The number of nitrogens with one attached hydrogen (secondary N) is 2. The van der Waals surface area contributed by atoms with Gasteiger partial charge in [-0.25, -0.2) is 9.59 Å². The second-order valence-corrected chi connectivity index (χ2v) is 9.11. The molecule has 4 rings (SSSR count). The Morgan fingerprint density at radius 2 is 1.57 bits per heavy atom. The zero-order chi connectivity index (χ0) is 25.4. The lowest BCUT2D eigenvalue weighted by Gasteiger charge is -2.29. The summed E-state index contributed by atoms with van der Waals surface area (Å²) in [6.45, 7) is 1.11. The van der Waals surface area contributed by atoms with E-state index in [0.717, 1.165) is 22.3 Å². The summed E-state index contributed by atoms with van der Waals surface area (Å²) in [7, 11) is 0. The van der Waals surface area contributed by atoms with Gasteiger partial charge in [0.2, 0.25) is 5.91 Å². The summed E-state index contributed by atoms with van der Waals surface area (Å²) in [5.74, 6) is -3.27. The minimum absolute atomic E-state index is 0.144. The third-order valence-electron chi connectivity index (χ3n) is 6.61. The quantitative estimate of drug-likeness (QED) is 0.514. The van der Waals surface area contributed by atoms with Crippen LogP contribution in [0.1, 0.15) is 43.2 Å². The van der Waals surface area contributed by atoms with Crippen molar-refractivity contribution in [1.82, 2.24) is 10.6 Å². The number of amides is 2. The third-order valence-corrected chi connectivity index (χ3v) is 6.61. The van der Waals surface area contributed by atoms with E-state index < -0.39 is 42.1 Å². The van der Waals surface area contributed by atoms with Crippen LogP contribution in [-0.4, -0.2) is 47.4 Å². The monoisotopic (exact) mass is 490 g/mol. The van der Waals surface area contributed by atoms with Crippen LogP contribution in [0.4, 0.5) is 18.0 Å². The number of carbonyl (C=O) groups is 3. The van der Waals surface area contributed by atoms with E-state index in [0.29, 0.717) is 12.8 Å². The minimum Gasteiger partial charge on any atom is -0.480 e. The van der Waals surface area contributed by atoms with Crippen LogP contribution in [0.2, 0.25) is 0 Å². The topological polar surface area (TPSA) is 105 Å². The molecule has 2 aromatic carbocycles. The van der Waals surface area contributed by atoms with Gasteiger partial charge in [0.05, 0.1) is 6.42 Å². The number of ether oxygens (including phenoxy) is 1. The molecule has 2 aromatic rings. The summed E-state index contributed by atoms with van der Waals surface area (Å²) < 4.78 is 44.7. The molecule has 0 bridgehead atoms. The first kappa shape index (κ1) is 24.6. The highest BCUT2D eigenvalue weighted by Gasteiger charge is 2.50. The average molecular weight is 490 g/mol. The zero-order valence-electron chi connectivity index (χ0n) is 18.9. The highest BCUT2D eigenvalue weighted by atomic mass is 19.4. The number of benzene rings is 2. The van der Waals surface area contributed by atoms with Crippen molar-refractivity contribution in [3.05, 3.63) is 59.7 Å². The first-order valence-corrected chi connectivity index (χ1v) is 11.2. The van der Waals surface area contributed by atoms with E-state index >= 15 is 0 Å². The first-order valence-electron chi connectivity index (χ1n) is 11.2. The molecule has 2 atom stereocenters. The van der Waals surface area contributed by atoms with Gasteiger partial charge in [0.15, 0.2) is 0 Å². The molecular formula is C25H25F3N2O5. The van der Waals surface area contributed by atoms with Crippen LogP contribution in [0.5, 0.6) is 0 Å². The van der Waals surface area contributed by atoms with Crippen LogP contribution >= 0.6 is 0 Å². The fourth-order valence-corrected chi connectivity index (χ4v) is 4.56. The molecule has 0 spiro atoms. The van der Waals surface area contributed by atoms with Crippen LogP contribution in [0.25, 0.3) is 11.1 Å². The molecule has 186 valence electrons. The molecule has 3 N–H and O–H groups in total. The van der Waals surface area contributed by atoms with Gasteiger partial charge in [-0.1, -0.05) is 48.5 Å². The van der Waals surface area contributed by atoms with Gasteiger partial charge < -0.3 is 20.5 Å². The standard InChI is InChI=1S/C25H25F3N2O5/c1-24(22(32)33,14-10-11-14)30-21(31)20(12-25(26,27)28)29-23(34)35-13-19-17-8-4-2-6-15(17)16-7-3-5-9-18(16)19/h2-9,14,19-20H,10-13H2,1H3,(H,29,34)(H,30,31)(H,32,33). The number of fused-ring (bicyclic) bond motifs is 3. The molecule has 1 saturated carbocycles. The number of carboxylic acid groups (broad SMARTS) is 1. The Kier molecular flexibility index (Phi) is 6.48. The van der Waals surface area contributed by atoms with Crippen LogP contribution in [0.3, 0.4) is 0 Å². The van der Waals surface area contributed by atoms with Crippen LogP contribution in [0, 0.1) is 5.92 Å². The van der Waals surface area contributed by atoms with Crippen molar-refractivity contribution in [3.8, 4) is 11.1 Å². The predicted molar refractivity (Wildman–Crippen MR) is 120 cm³/mol. The maximum atomic E-state index is 13.2. The van der Waals surface area contributed by atoms with E-state index in [1.54, 1.807) is 0 Å². The normalized spacial score (nSPS) is 17.5. The van der Waals surface area contributed by atoms with E-state index in [1.165, 1.54) is 6.92 Å². The number of alkyl carbamates (subject to hydrolysis) is 1. The number of carboxylic acids is 1. The molecule has 35 heavy (non-hydrogen) atoms. The number of hydrogen-bond donors (Lipinski definition) is 3. The molecule has 10 heteroatoms. The Labute approximate surface area is 199 Å². The Morgan fingerprint density at radius 1 is 1.03 bits per heavy atom. The lowest BCUT2D eigenvalue weighted by atomic mass is 9.95. The number of alkyl halides is 3. The molecule has 0 aliphatic heterocycles. The molecule has 2 aliphatic rings. The van der Waals surface area contributed by atoms with Crippen molar-refractivity contribution in [2.24, 2.45) is 5.92 Å². The van der Waals surface area contributed by atoms with Crippen molar-refractivity contribution in [3.63, 3.8) is 0 Å². The number of carbonyl (C=O) groups excluding carboxylic acids is 2. The van der Waals surface area contributed by atoms with Gasteiger partial charge >= 0.3 is 18.2 Å². The van der Waals surface area contributed by atoms with E-state index in [2.05, 4.69) is 5.32 Å². The smallest absolute Gasteiger partial charge is 0.407 e. The zero-order valence-corrected chi connectivity index (χ0v) is 18.9. The number of hydrogen-bond acceptors (Lipinski definition) is 4. The van der Waals surface area contributed by atoms with Gasteiger partial charge in [-0.05, 0) is 47.9 Å². The molecule has 2 unspecified atom stereocenters. The average Bonchev–Trinajstić information content (AvgIpc) is 3.60. The van der Waals surface area contributed by atoms with Crippen molar-refractivity contribution in [1.29, 1.82) is 0 Å². The minimum atomic E-state index is -4.78. The van der Waals surface area contributed by atoms with Gasteiger partial charge in [-0.3, -0.25) is 4.79 Å². The third kappa shape index (κ3) is 5.26. The second-order valence-electron chi connectivity index (χ2n) is 9.11. The van der Waals surface area contributed by atoms with Gasteiger partial charge in [0, 0.05) is 5.92 Å². The highest BCUT2D eigenvalue weighted by molar-refractivity contribution is 5.91. The molecule has 1 fully saturated rings. The summed E-state index contributed by atoms with van der Waals surface area (Å²) in [6, 6.07) is 13.1. The summed E-state index contributed by atoms with van der Waals surface area (Å²) in [6.07, 6.45) is -6.57. The van der Waals surface area contributed by atoms with Crippen molar-refractivity contribution < 1.29 is 37.4 Å². The van der Waals surface area contributed by atoms with E-state index in [4.69, 9.17) is 4.74 Å².